The first kappa shape index (κ1) is 25.5. The van der Waals surface area contributed by atoms with Crippen LogP contribution in [0.5, 0.6) is 11.5 Å². The summed E-state index contributed by atoms with van der Waals surface area (Å²) in [4.78, 5) is 29.6. The van der Waals surface area contributed by atoms with Crippen LogP contribution in [0.4, 0.5) is 11.4 Å². The van der Waals surface area contributed by atoms with E-state index in [4.69, 9.17) is 9.47 Å². The standard InChI is InChI=1S/C29H30N4O4/c1-19(2)21-7-11-23(12-8-21)32-29(35)26-17-33(18-30-26)16-20-5-9-22(10-6-20)31-28(34)25-14-13-24(36-3)15-27(25)37-4/h5-15,17-19H,16H2,1-4H3,(H,31,34)(H,32,35). The van der Waals surface area contributed by atoms with Crippen LogP contribution < -0.4 is 20.1 Å². The first-order valence-electron chi connectivity index (χ1n) is 11.9. The molecule has 1 aromatic heterocycles. The van der Waals surface area contributed by atoms with Crippen LogP contribution in [-0.2, 0) is 6.54 Å². The van der Waals surface area contributed by atoms with E-state index in [1.54, 1.807) is 37.8 Å². The van der Waals surface area contributed by atoms with Crippen molar-refractivity contribution in [2.24, 2.45) is 0 Å². The van der Waals surface area contributed by atoms with E-state index in [-0.39, 0.29) is 11.8 Å². The Morgan fingerprint density at radius 1 is 0.865 bits per heavy atom. The van der Waals surface area contributed by atoms with Gasteiger partial charge >= 0.3 is 0 Å². The molecule has 1 heterocycles. The van der Waals surface area contributed by atoms with E-state index < -0.39 is 0 Å². The number of amides is 2. The lowest BCUT2D eigenvalue weighted by molar-refractivity contribution is 0.101. The molecule has 8 heteroatoms. The number of hydrogen-bond donors (Lipinski definition) is 2. The Kier molecular flexibility index (Phi) is 7.88. The SMILES string of the molecule is COc1ccc(C(=O)Nc2ccc(Cn3cnc(C(=O)Nc4ccc(C(C)C)cc4)c3)cc2)c(OC)c1. The van der Waals surface area contributed by atoms with Crippen LogP contribution in [0.3, 0.4) is 0 Å². The third-order valence-corrected chi connectivity index (χ3v) is 5.93. The third kappa shape index (κ3) is 6.35. The highest BCUT2D eigenvalue weighted by molar-refractivity contribution is 6.06. The number of anilines is 2. The molecule has 0 saturated carbocycles. The van der Waals surface area contributed by atoms with Gasteiger partial charge in [0, 0.05) is 30.2 Å². The average molecular weight is 499 g/mol. The maximum atomic E-state index is 12.7. The third-order valence-electron chi connectivity index (χ3n) is 5.93. The van der Waals surface area contributed by atoms with Crippen molar-refractivity contribution in [2.75, 3.05) is 24.9 Å². The summed E-state index contributed by atoms with van der Waals surface area (Å²) in [5.41, 5.74) is 4.34. The summed E-state index contributed by atoms with van der Waals surface area (Å²) in [5.74, 6) is 0.932. The van der Waals surface area contributed by atoms with E-state index in [0.717, 1.165) is 11.3 Å². The Labute approximate surface area is 216 Å². The number of carbonyl (C=O) groups excluding carboxylic acids is 2. The fourth-order valence-electron chi connectivity index (χ4n) is 3.80. The number of nitrogens with one attached hydrogen (secondary N) is 2. The molecular weight excluding hydrogens is 468 g/mol. The van der Waals surface area contributed by atoms with Gasteiger partial charge in [-0.1, -0.05) is 38.1 Å². The van der Waals surface area contributed by atoms with Crippen LogP contribution in [-0.4, -0.2) is 35.6 Å². The van der Waals surface area contributed by atoms with Gasteiger partial charge in [0.05, 0.1) is 26.1 Å². The summed E-state index contributed by atoms with van der Waals surface area (Å²) in [5, 5.41) is 5.77. The molecule has 0 unspecified atom stereocenters. The van der Waals surface area contributed by atoms with Gasteiger partial charge in [-0.05, 0) is 53.4 Å². The molecule has 8 nitrogen and oxygen atoms in total. The molecule has 190 valence electrons. The van der Waals surface area contributed by atoms with Crippen molar-refractivity contribution in [3.05, 3.63) is 102 Å². The Bertz CT molecular complexity index is 1380. The van der Waals surface area contributed by atoms with Gasteiger partial charge in [0.25, 0.3) is 11.8 Å². The Balaban J connectivity index is 1.35. The molecule has 0 radical (unpaired) electrons. The number of hydrogen-bond acceptors (Lipinski definition) is 5. The monoisotopic (exact) mass is 498 g/mol. The molecule has 0 aliphatic carbocycles. The normalized spacial score (nSPS) is 10.7. The highest BCUT2D eigenvalue weighted by atomic mass is 16.5. The molecular formula is C29H30N4O4. The van der Waals surface area contributed by atoms with E-state index in [0.29, 0.717) is 40.9 Å². The summed E-state index contributed by atoms with van der Waals surface area (Å²) >= 11 is 0. The fourth-order valence-corrected chi connectivity index (χ4v) is 3.80. The molecule has 4 rings (SSSR count). The number of rotatable bonds is 9. The number of ether oxygens (including phenoxy) is 2. The van der Waals surface area contributed by atoms with Crippen LogP contribution in [0.15, 0.2) is 79.3 Å². The second-order valence-corrected chi connectivity index (χ2v) is 8.88. The predicted molar refractivity (Wildman–Crippen MR) is 144 cm³/mol. The smallest absolute Gasteiger partial charge is 0.275 e. The van der Waals surface area contributed by atoms with Gasteiger partial charge in [0.2, 0.25) is 0 Å². The predicted octanol–water partition coefficient (Wildman–Crippen LogP) is 5.58. The molecule has 37 heavy (non-hydrogen) atoms. The fraction of sp³-hybridized carbons (Fsp3) is 0.207. The van der Waals surface area contributed by atoms with Gasteiger partial charge < -0.3 is 24.7 Å². The molecule has 0 spiro atoms. The van der Waals surface area contributed by atoms with Gasteiger partial charge in [0.15, 0.2) is 0 Å². The van der Waals surface area contributed by atoms with Gasteiger partial charge in [-0.15, -0.1) is 0 Å². The molecule has 3 aromatic carbocycles. The minimum atomic E-state index is -0.281. The molecule has 0 aliphatic rings. The highest BCUT2D eigenvalue weighted by Crippen LogP contribution is 2.25. The molecule has 0 fully saturated rings. The number of benzene rings is 3. The van der Waals surface area contributed by atoms with Crippen LogP contribution in [0.1, 0.15) is 51.7 Å². The zero-order valence-corrected chi connectivity index (χ0v) is 21.3. The number of methoxy groups -OCH3 is 2. The summed E-state index contributed by atoms with van der Waals surface area (Å²) in [7, 11) is 3.07. The first-order valence-corrected chi connectivity index (χ1v) is 11.9. The highest BCUT2D eigenvalue weighted by Gasteiger charge is 2.14. The number of imidazole rings is 1. The van der Waals surface area contributed by atoms with Crippen molar-refractivity contribution < 1.29 is 19.1 Å². The Morgan fingerprint density at radius 2 is 1.51 bits per heavy atom. The molecule has 2 N–H and O–H groups in total. The van der Waals surface area contributed by atoms with Crippen molar-refractivity contribution >= 4 is 23.2 Å². The minimum Gasteiger partial charge on any atom is -0.497 e. The molecule has 0 aliphatic heterocycles. The second-order valence-electron chi connectivity index (χ2n) is 8.88. The van der Waals surface area contributed by atoms with Crippen molar-refractivity contribution in [3.63, 3.8) is 0 Å². The summed E-state index contributed by atoms with van der Waals surface area (Å²) in [6, 6.07) is 20.3. The Hall–Kier alpha value is -4.59. The van der Waals surface area contributed by atoms with Gasteiger partial charge in [-0.25, -0.2) is 4.98 Å². The van der Waals surface area contributed by atoms with Crippen LogP contribution in [0.2, 0.25) is 0 Å². The van der Waals surface area contributed by atoms with Crippen molar-refractivity contribution in [1.29, 1.82) is 0 Å². The first-order chi connectivity index (χ1) is 17.9. The van der Waals surface area contributed by atoms with E-state index in [1.165, 1.54) is 12.7 Å². The topological polar surface area (TPSA) is 94.5 Å². The maximum Gasteiger partial charge on any atom is 0.275 e. The zero-order chi connectivity index (χ0) is 26.4. The van der Waals surface area contributed by atoms with Gasteiger partial charge in [-0.2, -0.15) is 0 Å². The average Bonchev–Trinajstić information content (AvgIpc) is 3.38. The van der Waals surface area contributed by atoms with Crippen LogP contribution >= 0.6 is 0 Å². The molecule has 0 bridgehead atoms. The molecule has 0 atom stereocenters. The summed E-state index contributed by atoms with van der Waals surface area (Å²) in [6.07, 6.45) is 3.34. The van der Waals surface area contributed by atoms with E-state index in [9.17, 15) is 9.59 Å². The maximum absolute atomic E-state index is 12.7. The largest absolute Gasteiger partial charge is 0.497 e. The lowest BCUT2D eigenvalue weighted by Gasteiger charge is -2.11. The lowest BCUT2D eigenvalue weighted by atomic mass is 10.0. The van der Waals surface area contributed by atoms with Crippen molar-refractivity contribution in [1.82, 2.24) is 9.55 Å². The number of carbonyl (C=O) groups is 2. The van der Waals surface area contributed by atoms with E-state index in [1.807, 2.05) is 53.1 Å². The number of nitrogens with zero attached hydrogens (tertiary/aromatic N) is 2. The number of aromatic nitrogens is 2. The summed E-state index contributed by atoms with van der Waals surface area (Å²) < 4.78 is 12.3. The lowest BCUT2D eigenvalue weighted by Crippen LogP contribution is -2.13. The van der Waals surface area contributed by atoms with Crippen molar-refractivity contribution in [2.45, 2.75) is 26.3 Å². The second kappa shape index (κ2) is 11.4. The quantitative estimate of drug-likeness (QED) is 0.314. The van der Waals surface area contributed by atoms with Gasteiger partial charge in [0.1, 0.15) is 17.2 Å². The minimum absolute atomic E-state index is 0.261. The zero-order valence-electron chi connectivity index (χ0n) is 21.3. The Morgan fingerprint density at radius 3 is 2.14 bits per heavy atom. The molecule has 4 aromatic rings. The van der Waals surface area contributed by atoms with Gasteiger partial charge in [-0.3, -0.25) is 9.59 Å². The molecule has 2 amide bonds. The van der Waals surface area contributed by atoms with E-state index >= 15 is 0 Å². The van der Waals surface area contributed by atoms with E-state index in [2.05, 4.69) is 29.5 Å². The van der Waals surface area contributed by atoms with Crippen molar-refractivity contribution in [3.8, 4) is 11.5 Å². The van der Waals surface area contributed by atoms with Crippen LogP contribution in [0, 0.1) is 0 Å². The molecule has 0 saturated heterocycles. The van der Waals surface area contributed by atoms with Crippen LogP contribution in [0.25, 0.3) is 0 Å². The summed E-state index contributed by atoms with van der Waals surface area (Å²) in [6.45, 7) is 4.79.